The number of esters is 1. The van der Waals surface area contributed by atoms with Crippen LogP contribution in [-0.2, 0) is 35.2 Å². The topological polar surface area (TPSA) is 152 Å². The molecule has 0 aromatic heterocycles. The van der Waals surface area contributed by atoms with Crippen molar-refractivity contribution in [2.45, 2.75) is 288 Å². The summed E-state index contributed by atoms with van der Waals surface area (Å²) in [6, 6.07) is 7.76. The number of nitrogens with one attached hydrogen (secondary N) is 1. The Morgan fingerprint density at radius 1 is 0.615 bits per heavy atom. The van der Waals surface area contributed by atoms with E-state index in [2.05, 4.69) is 26.1 Å². The number of hydrogen-bond acceptors (Lipinski definition) is 9. The van der Waals surface area contributed by atoms with E-state index >= 15 is 0 Å². The quantitative estimate of drug-likeness (QED) is 0.0371. The molecule has 376 valence electrons. The second kappa shape index (κ2) is 38.6. The number of rotatable bonds is 43. The van der Waals surface area contributed by atoms with Gasteiger partial charge in [-0.15, -0.1) is 0 Å². The van der Waals surface area contributed by atoms with Crippen molar-refractivity contribution in [3.63, 3.8) is 0 Å². The zero-order valence-corrected chi connectivity index (χ0v) is 41.7. The lowest BCUT2D eigenvalue weighted by Gasteiger charge is -2.49. The van der Waals surface area contributed by atoms with Crippen LogP contribution in [0, 0.1) is 0 Å². The number of ether oxygens (including phenoxy) is 3. The predicted octanol–water partition coefficient (Wildman–Crippen LogP) is 12.7. The average molecular weight is 916 g/mol. The van der Waals surface area contributed by atoms with E-state index in [4.69, 9.17) is 14.2 Å². The Morgan fingerprint density at radius 2 is 1.03 bits per heavy atom. The maximum absolute atomic E-state index is 14.4. The van der Waals surface area contributed by atoms with Crippen LogP contribution in [0.3, 0.4) is 0 Å². The Labute approximate surface area is 396 Å². The molecular formula is C55H97NO9. The SMILES string of the molecule is CCCCCCCCCCCCCC(=O)OC(CCCCCCCCCCCC)C(=O)N[C@H]1[C@H](OCc2ccccc2)O[C@H](CO)[C@@H](O)[C@@]1(O)C(=O)CCCCCCCCCCCCC. The first-order valence-electron chi connectivity index (χ1n) is 27.1. The third-order valence-corrected chi connectivity index (χ3v) is 13.4. The fourth-order valence-corrected chi connectivity index (χ4v) is 9.16. The fourth-order valence-electron chi connectivity index (χ4n) is 9.16. The highest BCUT2D eigenvalue weighted by atomic mass is 16.7. The molecule has 1 aromatic carbocycles. The van der Waals surface area contributed by atoms with Gasteiger partial charge < -0.3 is 34.8 Å². The summed E-state index contributed by atoms with van der Waals surface area (Å²) in [7, 11) is 0. The zero-order chi connectivity index (χ0) is 47.2. The molecule has 0 saturated carbocycles. The van der Waals surface area contributed by atoms with E-state index < -0.39 is 60.5 Å². The standard InChI is InChI=1S/C55H97NO9/c1-4-7-10-13-16-19-22-25-28-31-37-42-49(58)55(62)51(54(65-48(44-57)52(55)60)63-45-46-39-34-33-35-40-46)56-53(61)47(41-36-30-27-24-21-18-15-12-9-6-3)64-50(59)43-38-32-29-26-23-20-17-14-11-8-5-2/h33-35,39-40,47-48,51-52,54,57,60,62H,4-32,36-38,41-45H2,1-3H3,(H,56,61)/t47?,48-,51+,52-,54-,55-/m1/s1. The predicted molar refractivity (Wildman–Crippen MR) is 263 cm³/mol. The largest absolute Gasteiger partial charge is 0.452 e. The summed E-state index contributed by atoms with van der Waals surface area (Å²) < 4.78 is 18.2. The molecule has 10 heteroatoms. The summed E-state index contributed by atoms with van der Waals surface area (Å²) in [4.78, 5) is 42.0. The number of amides is 1. The van der Waals surface area contributed by atoms with Gasteiger partial charge in [0.25, 0.3) is 5.91 Å². The van der Waals surface area contributed by atoms with Gasteiger partial charge in [0.1, 0.15) is 18.2 Å². The molecule has 0 radical (unpaired) electrons. The second-order valence-electron chi connectivity index (χ2n) is 19.2. The van der Waals surface area contributed by atoms with Crippen molar-refractivity contribution in [2.24, 2.45) is 0 Å². The van der Waals surface area contributed by atoms with Crippen LogP contribution < -0.4 is 5.32 Å². The number of ketones is 1. The number of aliphatic hydroxyl groups is 3. The minimum absolute atomic E-state index is 0.0188. The van der Waals surface area contributed by atoms with Crippen molar-refractivity contribution in [3.05, 3.63) is 35.9 Å². The van der Waals surface area contributed by atoms with E-state index in [1.165, 1.54) is 122 Å². The lowest BCUT2D eigenvalue weighted by Crippen LogP contribution is -2.75. The van der Waals surface area contributed by atoms with Gasteiger partial charge in [-0.1, -0.05) is 237 Å². The number of unbranched alkanes of at least 4 members (excludes halogenated alkanes) is 29. The van der Waals surface area contributed by atoms with Gasteiger partial charge in [-0.3, -0.25) is 14.4 Å². The molecule has 0 aliphatic carbocycles. The highest BCUT2D eigenvalue weighted by molar-refractivity contribution is 5.91. The zero-order valence-electron chi connectivity index (χ0n) is 41.7. The summed E-state index contributed by atoms with van der Waals surface area (Å²) in [5.41, 5.74) is -1.75. The lowest BCUT2D eigenvalue weighted by molar-refractivity contribution is -0.295. The van der Waals surface area contributed by atoms with Crippen LogP contribution >= 0.6 is 0 Å². The molecule has 0 spiro atoms. The first kappa shape index (κ1) is 58.8. The van der Waals surface area contributed by atoms with E-state index in [9.17, 15) is 29.7 Å². The molecule has 1 aliphatic rings. The van der Waals surface area contributed by atoms with E-state index in [-0.39, 0.29) is 25.9 Å². The first-order chi connectivity index (χ1) is 31.7. The summed E-state index contributed by atoms with van der Waals surface area (Å²) >= 11 is 0. The Morgan fingerprint density at radius 3 is 1.48 bits per heavy atom. The number of Topliss-reactive ketones (excluding diaryl/α,β-unsaturated/α-hetero) is 1. The number of hydrogen-bond donors (Lipinski definition) is 4. The van der Waals surface area contributed by atoms with Crippen molar-refractivity contribution in [1.29, 1.82) is 0 Å². The highest BCUT2D eigenvalue weighted by Gasteiger charge is 2.60. The van der Waals surface area contributed by atoms with Crippen LogP contribution in [0.25, 0.3) is 0 Å². The third-order valence-electron chi connectivity index (χ3n) is 13.4. The monoisotopic (exact) mass is 916 g/mol. The molecule has 4 N–H and O–H groups in total. The molecule has 1 saturated heterocycles. The van der Waals surface area contributed by atoms with Gasteiger partial charge in [-0.25, -0.2) is 0 Å². The van der Waals surface area contributed by atoms with Crippen LogP contribution in [0.15, 0.2) is 30.3 Å². The van der Waals surface area contributed by atoms with Crippen LogP contribution in [0.2, 0.25) is 0 Å². The molecule has 1 heterocycles. The molecule has 1 aromatic rings. The van der Waals surface area contributed by atoms with E-state index in [0.29, 0.717) is 19.3 Å². The first-order valence-corrected chi connectivity index (χ1v) is 27.1. The molecule has 1 unspecified atom stereocenters. The Kier molecular flexibility index (Phi) is 34.9. The van der Waals surface area contributed by atoms with Gasteiger partial charge in [-0.2, -0.15) is 0 Å². The van der Waals surface area contributed by atoms with Gasteiger partial charge in [0.15, 0.2) is 23.8 Å². The molecule has 10 nitrogen and oxygen atoms in total. The average Bonchev–Trinajstić information content (AvgIpc) is 3.31. The van der Waals surface area contributed by atoms with Crippen molar-refractivity contribution < 1.29 is 43.9 Å². The maximum atomic E-state index is 14.4. The maximum Gasteiger partial charge on any atom is 0.306 e. The molecule has 6 atom stereocenters. The third kappa shape index (κ3) is 25.5. The van der Waals surface area contributed by atoms with Crippen LogP contribution in [0.4, 0.5) is 0 Å². The fraction of sp³-hybridized carbons (Fsp3) is 0.836. The van der Waals surface area contributed by atoms with Crippen LogP contribution in [0.1, 0.15) is 251 Å². The molecule has 65 heavy (non-hydrogen) atoms. The molecular weight excluding hydrogens is 819 g/mol. The number of aliphatic hydroxyl groups excluding tert-OH is 2. The van der Waals surface area contributed by atoms with E-state index in [1.54, 1.807) is 0 Å². The number of carbonyl (C=O) groups excluding carboxylic acids is 3. The molecule has 0 bridgehead atoms. The normalized spacial score (nSPS) is 20.2. The van der Waals surface area contributed by atoms with Crippen molar-refractivity contribution in [1.82, 2.24) is 5.32 Å². The molecule has 1 amide bonds. The number of carbonyl (C=O) groups is 3. The highest BCUT2D eigenvalue weighted by Crippen LogP contribution is 2.34. The summed E-state index contributed by atoms with van der Waals surface area (Å²) in [6.45, 7) is 6.02. The van der Waals surface area contributed by atoms with Crippen LogP contribution in [-0.4, -0.2) is 75.8 Å². The second-order valence-corrected chi connectivity index (χ2v) is 19.2. The minimum Gasteiger partial charge on any atom is -0.452 e. The summed E-state index contributed by atoms with van der Waals surface area (Å²) in [5.74, 6) is -1.78. The van der Waals surface area contributed by atoms with Crippen LogP contribution in [0.5, 0.6) is 0 Å². The van der Waals surface area contributed by atoms with Gasteiger partial charge in [-0.05, 0) is 31.2 Å². The van der Waals surface area contributed by atoms with E-state index in [1.807, 2.05) is 30.3 Å². The van der Waals surface area contributed by atoms with Gasteiger partial charge >= 0.3 is 5.97 Å². The van der Waals surface area contributed by atoms with Gasteiger partial charge in [0, 0.05) is 12.8 Å². The minimum atomic E-state index is -2.54. The van der Waals surface area contributed by atoms with Crippen molar-refractivity contribution in [2.75, 3.05) is 6.61 Å². The van der Waals surface area contributed by atoms with Gasteiger partial charge in [0.05, 0.1) is 13.2 Å². The van der Waals surface area contributed by atoms with E-state index in [0.717, 1.165) is 69.8 Å². The Hall–Kier alpha value is -2.37. The summed E-state index contributed by atoms with van der Waals surface area (Å²) in [6.07, 6.45) is 30.5. The molecule has 2 rings (SSSR count). The van der Waals surface area contributed by atoms with Crippen molar-refractivity contribution >= 4 is 17.7 Å². The van der Waals surface area contributed by atoms with Crippen molar-refractivity contribution in [3.8, 4) is 0 Å². The summed E-state index contributed by atoms with van der Waals surface area (Å²) in [5, 5.41) is 37.2. The lowest BCUT2D eigenvalue weighted by atomic mass is 9.77. The number of benzene rings is 1. The Bertz CT molecular complexity index is 1310. The Balaban J connectivity index is 2.16. The smallest absolute Gasteiger partial charge is 0.306 e. The molecule has 1 fully saturated rings. The van der Waals surface area contributed by atoms with Gasteiger partial charge in [0.2, 0.25) is 0 Å². The molecule has 1 aliphatic heterocycles.